The zero-order valence-electron chi connectivity index (χ0n) is 35.4. The number of hydrogen-bond acceptors (Lipinski definition) is 7. The van der Waals surface area contributed by atoms with Crippen LogP contribution in [0.3, 0.4) is 0 Å². The van der Waals surface area contributed by atoms with Crippen LogP contribution in [0, 0.1) is 16.7 Å². The highest BCUT2D eigenvalue weighted by atomic mass is 35.5. The highest BCUT2D eigenvalue weighted by Crippen LogP contribution is 2.59. The van der Waals surface area contributed by atoms with Gasteiger partial charge >= 0.3 is 6.18 Å². The van der Waals surface area contributed by atoms with Crippen molar-refractivity contribution in [2.75, 3.05) is 20.1 Å². The minimum atomic E-state index is -4.89. The van der Waals surface area contributed by atoms with E-state index in [9.17, 15) is 51.1 Å². The summed E-state index contributed by atoms with van der Waals surface area (Å²) < 4.78 is 56.3. The van der Waals surface area contributed by atoms with Crippen molar-refractivity contribution < 1.29 is 51.1 Å². The number of hydrogen-bond donors (Lipinski definition) is 5. The van der Waals surface area contributed by atoms with Crippen molar-refractivity contribution in [3.63, 3.8) is 0 Å². The summed E-state index contributed by atoms with van der Waals surface area (Å²) in [5.74, 6) is -6.04. The van der Waals surface area contributed by atoms with E-state index in [2.05, 4.69) is 26.6 Å². The second kappa shape index (κ2) is 19.9. The SMILES string of the molecule is CC(C)C[C@@H]1NC(=O)[C@@H](NC(=O)[C@@H](NC(=O)[C@@H]2C[C@@H](F)CN2C(=O)C2(C(F)(F)F)CC2)C(C)(C)C)CCCCNC(=O)[C@@H](C)NC(=O)[C@H](Cc2cc(Cl)ccc2Cl)N(C)C1=O. The van der Waals surface area contributed by atoms with Crippen molar-refractivity contribution in [2.24, 2.45) is 16.7 Å². The van der Waals surface area contributed by atoms with Gasteiger partial charge in [0.15, 0.2) is 0 Å². The van der Waals surface area contributed by atoms with Crippen LogP contribution in [-0.4, -0.2) is 120 Å². The number of likely N-dealkylation sites (N-methyl/N-ethyl adjacent to an activating group) is 1. The molecule has 0 spiro atoms. The highest BCUT2D eigenvalue weighted by Gasteiger charge is 2.70. The summed E-state index contributed by atoms with van der Waals surface area (Å²) in [6, 6.07) is -3.15. The molecule has 7 atom stereocenters. The van der Waals surface area contributed by atoms with Gasteiger partial charge in [0.2, 0.25) is 41.4 Å². The van der Waals surface area contributed by atoms with E-state index >= 15 is 0 Å². The van der Waals surface area contributed by atoms with Crippen LogP contribution < -0.4 is 26.6 Å². The van der Waals surface area contributed by atoms with Gasteiger partial charge in [-0.3, -0.25) is 33.6 Å². The van der Waals surface area contributed by atoms with Gasteiger partial charge in [-0.1, -0.05) is 57.8 Å². The Labute approximate surface area is 363 Å². The van der Waals surface area contributed by atoms with Gasteiger partial charge in [0.25, 0.3) is 0 Å². The zero-order valence-corrected chi connectivity index (χ0v) is 37.0. The summed E-state index contributed by atoms with van der Waals surface area (Å²) >= 11 is 12.7. The molecule has 0 radical (unpaired) electrons. The van der Waals surface area contributed by atoms with Crippen LogP contribution in [-0.2, 0) is 40.0 Å². The lowest BCUT2D eigenvalue weighted by molar-refractivity contribution is -0.199. The van der Waals surface area contributed by atoms with Crippen LogP contribution >= 0.6 is 23.2 Å². The normalized spacial score (nSPS) is 26.3. The van der Waals surface area contributed by atoms with Crippen molar-refractivity contribution in [3.8, 4) is 0 Å². The third-order valence-electron chi connectivity index (χ3n) is 11.4. The fraction of sp³-hybridized carbons (Fsp3) is 0.683. The summed E-state index contributed by atoms with van der Waals surface area (Å²) in [6.45, 7) is 9.33. The number of nitrogens with zero attached hydrogens (tertiary/aromatic N) is 2. The number of amides is 7. The van der Waals surface area contributed by atoms with E-state index in [-0.39, 0.29) is 43.2 Å². The molecule has 3 aliphatic rings. The summed E-state index contributed by atoms with van der Waals surface area (Å²) in [5, 5.41) is 14.0. The van der Waals surface area contributed by atoms with E-state index in [1.807, 2.05) is 13.8 Å². The molecule has 1 saturated carbocycles. The maximum absolute atomic E-state index is 14.7. The van der Waals surface area contributed by atoms with Crippen LogP contribution in [0.2, 0.25) is 10.0 Å². The van der Waals surface area contributed by atoms with Crippen molar-refractivity contribution >= 4 is 64.6 Å². The Kier molecular flexibility index (Phi) is 16.1. The Morgan fingerprint density at radius 3 is 2.23 bits per heavy atom. The predicted octanol–water partition coefficient (Wildman–Crippen LogP) is 4.00. The molecule has 4 rings (SSSR count). The van der Waals surface area contributed by atoms with Crippen LogP contribution in [0.5, 0.6) is 0 Å². The lowest BCUT2D eigenvalue weighted by Crippen LogP contribution is -2.62. The molecular weight excluding hydrogens is 849 g/mol. The second-order valence-corrected chi connectivity index (χ2v) is 18.7. The molecule has 0 unspecified atom stereocenters. The second-order valence-electron chi connectivity index (χ2n) is 17.9. The van der Waals surface area contributed by atoms with E-state index in [1.165, 1.54) is 14.0 Å². The Morgan fingerprint density at radius 1 is 0.984 bits per heavy atom. The van der Waals surface area contributed by atoms with Gasteiger partial charge in [0, 0.05) is 36.5 Å². The van der Waals surface area contributed by atoms with Crippen molar-refractivity contribution in [2.45, 2.75) is 142 Å². The fourth-order valence-electron chi connectivity index (χ4n) is 7.61. The Morgan fingerprint density at radius 2 is 1.64 bits per heavy atom. The largest absolute Gasteiger partial charge is 0.403 e. The Bertz CT molecular complexity index is 1840. The van der Waals surface area contributed by atoms with Gasteiger partial charge in [-0.2, -0.15) is 13.2 Å². The average molecular weight is 907 g/mol. The zero-order chi connectivity index (χ0) is 45.8. The molecule has 0 aromatic heterocycles. The lowest BCUT2D eigenvalue weighted by Gasteiger charge is -2.35. The van der Waals surface area contributed by atoms with Crippen LogP contribution in [0.25, 0.3) is 0 Å². The van der Waals surface area contributed by atoms with Gasteiger partial charge in [-0.15, -0.1) is 0 Å². The van der Waals surface area contributed by atoms with Gasteiger partial charge in [0.1, 0.15) is 47.8 Å². The summed E-state index contributed by atoms with van der Waals surface area (Å²) in [7, 11) is 1.38. The van der Waals surface area contributed by atoms with Gasteiger partial charge in [0.05, 0.1) is 6.54 Å². The molecule has 2 heterocycles. The fourth-order valence-corrected chi connectivity index (χ4v) is 7.99. The number of carbonyl (C=O) groups is 7. The first-order chi connectivity index (χ1) is 28.3. The molecule has 1 aromatic carbocycles. The minimum Gasteiger partial charge on any atom is -0.354 e. The number of carbonyl (C=O) groups excluding carboxylic acids is 7. The number of benzene rings is 1. The van der Waals surface area contributed by atoms with E-state index in [4.69, 9.17) is 23.2 Å². The molecule has 3 fully saturated rings. The number of halogens is 6. The van der Waals surface area contributed by atoms with E-state index in [0.29, 0.717) is 21.9 Å². The molecule has 0 bridgehead atoms. The predicted molar refractivity (Wildman–Crippen MR) is 219 cm³/mol. The number of rotatable bonds is 9. The van der Waals surface area contributed by atoms with Crippen LogP contribution in [0.1, 0.15) is 92.1 Å². The summed E-state index contributed by atoms with van der Waals surface area (Å²) in [6.07, 6.45) is -7.58. The van der Waals surface area contributed by atoms with Crippen LogP contribution in [0.15, 0.2) is 18.2 Å². The third kappa shape index (κ3) is 12.3. The molecular formula is C41H57Cl2F4N7O7. The Hall–Kier alpha value is -4.19. The highest BCUT2D eigenvalue weighted by molar-refractivity contribution is 6.33. The summed E-state index contributed by atoms with van der Waals surface area (Å²) in [4.78, 5) is 98.2. The molecule has 2 saturated heterocycles. The minimum absolute atomic E-state index is 0.00677. The maximum atomic E-state index is 14.7. The number of alkyl halides is 4. The molecule has 5 N–H and O–H groups in total. The molecule has 2 aliphatic heterocycles. The number of nitrogens with one attached hydrogen (secondary N) is 5. The van der Waals surface area contributed by atoms with Gasteiger partial charge < -0.3 is 36.4 Å². The van der Waals surface area contributed by atoms with E-state index in [1.54, 1.807) is 39.0 Å². The molecule has 1 aromatic rings. The number of likely N-dealkylation sites (tertiary alicyclic amines) is 1. The van der Waals surface area contributed by atoms with E-state index in [0.717, 1.165) is 4.90 Å². The van der Waals surface area contributed by atoms with Crippen molar-refractivity contribution in [3.05, 3.63) is 33.8 Å². The van der Waals surface area contributed by atoms with Crippen molar-refractivity contribution in [1.29, 1.82) is 0 Å². The van der Waals surface area contributed by atoms with Gasteiger partial charge in [-0.05, 0) is 80.5 Å². The summed E-state index contributed by atoms with van der Waals surface area (Å²) in [5.41, 5.74) is -3.32. The monoisotopic (exact) mass is 905 g/mol. The first-order valence-corrected chi connectivity index (χ1v) is 21.2. The lowest BCUT2D eigenvalue weighted by atomic mass is 9.85. The smallest absolute Gasteiger partial charge is 0.354 e. The average Bonchev–Trinajstić information content (AvgIpc) is 3.90. The van der Waals surface area contributed by atoms with E-state index < -0.39 is 127 Å². The standard InChI is InChI=1S/C41H57Cl2F4N7O7/c1-21(2)16-28-37(60)53(7)29(18-23-17-24(42)11-12-26(23)43)34(57)49-22(3)32(55)48-15-9-8-10-27(33(56)51-28)50-36(59)31(39(4,5)6)52-35(58)30-19-25(44)20-54(30)38(61)40(13-14-40)41(45,46)47/h11-12,17,21-22,25,27-31H,8-10,13-16,18-20H2,1-7H3,(H,48,55)(H,49,57)(H,50,59)(H,51,56)(H,52,58)/t22-,25-,27+,28+,29+,30+,31-/m1/s1. The first-order valence-electron chi connectivity index (χ1n) is 20.5. The molecule has 340 valence electrons. The maximum Gasteiger partial charge on any atom is 0.403 e. The molecule has 20 heteroatoms. The van der Waals surface area contributed by atoms with Crippen LogP contribution in [0.4, 0.5) is 17.6 Å². The molecule has 14 nitrogen and oxygen atoms in total. The molecule has 1 aliphatic carbocycles. The topological polar surface area (TPSA) is 186 Å². The first kappa shape index (κ1) is 49.5. The molecule has 61 heavy (non-hydrogen) atoms. The van der Waals surface area contributed by atoms with Gasteiger partial charge in [-0.25, -0.2) is 4.39 Å². The quantitative estimate of drug-likeness (QED) is 0.232. The van der Waals surface area contributed by atoms with Crippen molar-refractivity contribution in [1.82, 2.24) is 36.4 Å². The Balaban J connectivity index is 1.62. The molecule has 7 amide bonds. The third-order valence-corrected chi connectivity index (χ3v) is 12.0.